The molecule has 0 saturated heterocycles. The molecule has 0 radical (unpaired) electrons. The lowest BCUT2D eigenvalue weighted by molar-refractivity contribution is -0.142. The van der Waals surface area contributed by atoms with Gasteiger partial charge in [-0.1, -0.05) is 17.9 Å². The van der Waals surface area contributed by atoms with Gasteiger partial charge in [-0.25, -0.2) is 8.42 Å². The van der Waals surface area contributed by atoms with E-state index in [1.807, 2.05) is 0 Å². The van der Waals surface area contributed by atoms with E-state index in [9.17, 15) is 39.6 Å². The molecule has 2 aliphatic rings. The summed E-state index contributed by atoms with van der Waals surface area (Å²) in [5.41, 5.74) is 3.70. The van der Waals surface area contributed by atoms with Gasteiger partial charge < -0.3 is 5.32 Å². The summed E-state index contributed by atoms with van der Waals surface area (Å²) in [6, 6.07) is 1.10. The summed E-state index contributed by atoms with van der Waals surface area (Å²) in [6.45, 7) is -1.68. The van der Waals surface area contributed by atoms with Gasteiger partial charge in [-0.2, -0.15) is 31.4 Å². The van der Waals surface area contributed by atoms with Crippen LogP contribution in [0.1, 0.15) is 16.9 Å². The summed E-state index contributed by atoms with van der Waals surface area (Å²) in [4.78, 5) is 11.2. The van der Waals surface area contributed by atoms with Crippen molar-refractivity contribution in [3.63, 3.8) is 0 Å². The Hall–Kier alpha value is -3.53. The van der Waals surface area contributed by atoms with Crippen molar-refractivity contribution in [1.29, 1.82) is 0 Å². The number of alkyl halides is 6. The number of halogens is 6. The minimum Gasteiger partial charge on any atom is -0.346 e. The second-order valence-corrected chi connectivity index (χ2v) is 8.93. The fraction of sp³-hybridized carbons (Fsp3) is 0.238. The number of nitrogens with zero attached hydrogens (tertiary/aromatic N) is 2. The third-order valence-corrected chi connectivity index (χ3v) is 6.21. The SMILES string of the molecule is O=C(NCC1=C=C=C(S(=O)(=O)C2=CC=CCC(C(F)(F)F)=C2)C=C1)c1ccnn1CC(F)(F)F. The van der Waals surface area contributed by atoms with E-state index >= 15 is 0 Å². The lowest BCUT2D eigenvalue weighted by atomic mass is 10.2. The van der Waals surface area contributed by atoms with Crippen molar-refractivity contribution in [2.45, 2.75) is 25.3 Å². The Morgan fingerprint density at radius 1 is 1.15 bits per heavy atom. The minimum absolute atomic E-state index is 0.226. The molecule has 1 aromatic heterocycles. The third kappa shape index (κ3) is 6.07. The molecule has 0 fully saturated rings. The highest BCUT2D eigenvalue weighted by atomic mass is 32.2. The van der Waals surface area contributed by atoms with Crippen LogP contribution in [0, 0.1) is 0 Å². The van der Waals surface area contributed by atoms with E-state index in [-0.39, 0.29) is 17.8 Å². The van der Waals surface area contributed by atoms with Crippen molar-refractivity contribution in [2.75, 3.05) is 6.54 Å². The molecule has 1 heterocycles. The zero-order chi connectivity index (χ0) is 25.1. The summed E-state index contributed by atoms with van der Waals surface area (Å²) in [5, 5.41) is 5.81. The van der Waals surface area contributed by atoms with Crippen molar-refractivity contribution >= 4 is 15.7 Å². The maximum Gasteiger partial charge on any atom is 0.413 e. The first-order valence-electron chi connectivity index (χ1n) is 9.47. The van der Waals surface area contributed by atoms with Crippen LogP contribution in [0.2, 0.25) is 0 Å². The fourth-order valence-corrected chi connectivity index (χ4v) is 4.12. The highest BCUT2D eigenvalue weighted by molar-refractivity contribution is 7.99. The van der Waals surface area contributed by atoms with Crippen LogP contribution in [0.5, 0.6) is 0 Å². The number of allylic oxidation sites excluding steroid dienone is 6. The molecule has 1 amide bonds. The molecule has 2 aliphatic carbocycles. The molecule has 13 heteroatoms. The molecule has 3 rings (SSSR count). The van der Waals surface area contributed by atoms with Crippen LogP contribution in [0.3, 0.4) is 0 Å². The van der Waals surface area contributed by atoms with Gasteiger partial charge in [0.05, 0.1) is 11.4 Å². The molecule has 34 heavy (non-hydrogen) atoms. The number of nitrogens with one attached hydrogen (secondary N) is 1. The Labute approximate surface area is 189 Å². The monoisotopic (exact) mass is 503 g/mol. The lowest BCUT2D eigenvalue weighted by Crippen LogP contribution is -2.30. The van der Waals surface area contributed by atoms with E-state index in [4.69, 9.17) is 0 Å². The number of hydrogen-bond donors (Lipinski definition) is 1. The van der Waals surface area contributed by atoms with E-state index in [2.05, 4.69) is 21.9 Å². The standard InChI is InChI=1S/C21H15F6N3O3S/c22-20(23,24)13-30-18(9-10-29-30)19(31)28-12-14-5-7-16(8-6-14)34(32,33)17-4-2-1-3-15(11-17)21(25,26)27/h1-2,4-5,7,9-11H,3,12-13H2,(H,28,31). The van der Waals surface area contributed by atoms with Gasteiger partial charge in [0, 0.05) is 17.3 Å². The second-order valence-electron chi connectivity index (χ2n) is 7.02. The number of sulfone groups is 1. The highest BCUT2D eigenvalue weighted by Crippen LogP contribution is 2.33. The summed E-state index contributed by atoms with van der Waals surface area (Å²) in [6.07, 6.45) is -2.40. The van der Waals surface area contributed by atoms with Crippen LogP contribution in [-0.4, -0.2) is 43.0 Å². The zero-order valence-corrected chi connectivity index (χ0v) is 17.9. The largest absolute Gasteiger partial charge is 0.413 e. The average molecular weight is 503 g/mol. The highest BCUT2D eigenvalue weighted by Gasteiger charge is 2.35. The number of hydrogen-bond acceptors (Lipinski definition) is 4. The predicted molar refractivity (Wildman–Crippen MR) is 109 cm³/mol. The molecule has 0 saturated carbocycles. The van der Waals surface area contributed by atoms with Crippen LogP contribution in [0.15, 0.2) is 81.1 Å². The van der Waals surface area contributed by atoms with E-state index in [0.29, 0.717) is 10.8 Å². The first kappa shape index (κ1) is 25.1. The topological polar surface area (TPSA) is 81.1 Å². The zero-order valence-electron chi connectivity index (χ0n) is 17.0. The summed E-state index contributed by atoms with van der Waals surface area (Å²) in [7, 11) is -4.34. The molecule has 0 bridgehead atoms. The number of aromatic nitrogens is 2. The molecule has 0 aromatic carbocycles. The summed E-state index contributed by atoms with van der Waals surface area (Å²) in [5.74, 6) is -0.855. The molecule has 0 unspecified atom stereocenters. The van der Waals surface area contributed by atoms with Gasteiger partial charge in [0.2, 0.25) is 9.84 Å². The molecule has 0 atom stereocenters. The van der Waals surface area contributed by atoms with Gasteiger partial charge in [0.25, 0.3) is 5.91 Å². The van der Waals surface area contributed by atoms with Gasteiger partial charge >= 0.3 is 12.4 Å². The van der Waals surface area contributed by atoms with Gasteiger partial charge in [0.1, 0.15) is 17.1 Å². The third-order valence-electron chi connectivity index (χ3n) is 4.51. The maximum atomic E-state index is 13.1. The first-order valence-corrected chi connectivity index (χ1v) is 10.9. The number of carbonyl (C=O) groups is 1. The Morgan fingerprint density at radius 3 is 2.50 bits per heavy atom. The van der Waals surface area contributed by atoms with Crippen LogP contribution in [-0.2, 0) is 16.4 Å². The van der Waals surface area contributed by atoms with Crippen LogP contribution >= 0.6 is 0 Å². The number of carbonyl (C=O) groups excluding carboxylic acids is 1. The van der Waals surface area contributed by atoms with Crippen LogP contribution < -0.4 is 5.32 Å². The summed E-state index contributed by atoms with van der Waals surface area (Å²) < 4.78 is 103. The minimum atomic E-state index is -4.70. The normalized spacial score (nSPS) is 16.4. The smallest absolute Gasteiger partial charge is 0.346 e. The van der Waals surface area contributed by atoms with E-state index in [1.165, 1.54) is 18.2 Å². The molecular weight excluding hydrogens is 488 g/mol. The predicted octanol–water partition coefficient (Wildman–Crippen LogP) is 4.06. The summed E-state index contributed by atoms with van der Waals surface area (Å²) >= 11 is 0. The fourth-order valence-electron chi connectivity index (χ4n) is 2.88. The Balaban J connectivity index is 1.78. The van der Waals surface area contributed by atoms with Crippen molar-refractivity contribution < 1.29 is 39.6 Å². The van der Waals surface area contributed by atoms with E-state index in [0.717, 1.165) is 24.4 Å². The molecule has 0 spiro atoms. The van der Waals surface area contributed by atoms with Crippen molar-refractivity contribution in [2.24, 2.45) is 0 Å². The second kappa shape index (κ2) is 9.38. The molecule has 180 valence electrons. The number of amides is 1. The van der Waals surface area contributed by atoms with E-state index < -0.39 is 56.4 Å². The molecule has 6 nitrogen and oxygen atoms in total. The maximum absolute atomic E-state index is 13.1. The Kier molecular flexibility index (Phi) is 6.92. The average Bonchev–Trinajstić information content (AvgIpc) is 3.02. The van der Waals surface area contributed by atoms with Crippen LogP contribution in [0.4, 0.5) is 26.3 Å². The first-order chi connectivity index (χ1) is 15.8. The Bertz CT molecular complexity index is 1330. The van der Waals surface area contributed by atoms with Gasteiger partial charge in [0.15, 0.2) is 0 Å². The van der Waals surface area contributed by atoms with Gasteiger partial charge in [-0.05, 0) is 42.5 Å². The van der Waals surface area contributed by atoms with E-state index in [1.54, 1.807) is 0 Å². The van der Waals surface area contributed by atoms with Crippen LogP contribution in [0.25, 0.3) is 0 Å². The Morgan fingerprint density at radius 2 is 1.88 bits per heavy atom. The van der Waals surface area contributed by atoms with Crippen molar-refractivity contribution in [1.82, 2.24) is 15.1 Å². The quantitative estimate of drug-likeness (QED) is 0.469. The molecule has 0 aliphatic heterocycles. The molecular formula is C21H15F6N3O3S. The van der Waals surface area contributed by atoms with Crippen molar-refractivity contribution in [3.8, 4) is 0 Å². The molecule has 1 aromatic rings. The van der Waals surface area contributed by atoms with Gasteiger partial charge in [-0.3, -0.25) is 9.48 Å². The molecule has 1 N–H and O–H groups in total. The number of rotatable bonds is 6. The lowest BCUT2D eigenvalue weighted by Gasteiger charge is -2.11. The van der Waals surface area contributed by atoms with Crippen molar-refractivity contribution in [3.05, 3.63) is 86.8 Å². The van der Waals surface area contributed by atoms with Gasteiger partial charge in [-0.15, -0.1) is 0 Å².